The molecule has 1 aromatic carbocycles. The minimum atomic E-state index is -1.31. The smallest absolute Gasteiger partial charge is 0.341 e. The van der Waals surface area contributed by atoms with Crippen molar-refractivity contribution < 1.29 is 14.3 Å². The number of halogens is 1. The summed E-state index contributed by atoms with van der Waals surface area (Å²) < 4.78 is 17.9. The molecule has 3 aromatic rings. The zero-order valence-electron chi connectivity index (χ0n) is 19.4. The molecule has 182 valence electrons. The summed E-state index contributed by atoms with van der Waals surface area (Å²) in [4.78, 5) is 31.5. The van der Waals surface area contributed by atoms with Gasteiger partial charge in [-0.3, -0.25) is 4.79 Å². The Hall–Kier alpha value is -3.62. The number of hydrogen-bond donors (Lipinski definition) is 3. The highest BCUT2D eigenvalue weighted by molar-refractivity contribution is 6.02. The van der Waals surface area contributed by atoms with Crippen LogP contribution in [0.4, 0.5) is 21.6 Å². The number of nitrogen functional groups attached to an aromatic ring is 1. The Kier molecular flexibility index (Phi) is 4.98. The van der Waals surface area contributed by atoms with Crippen molar-refractivity contribution in [2.45, 2.75) is 56.5 Å². The third kappa shape index (κ3) is 3.28. The summed E-state index contributed by atoms with van der Waals surface area (Å²) in [5, 5.41) is 13.2. The number of fused-ring (bicyclic) bond motifs is 1. The number of aromatic nitrogens is 2. The van der Waals surface area contributed by atoms with Crippen LogP contribution >= 0.6 is 0 Å². The van der Waals surface area contributed by atoms with E-state index in [1.54, 1.807) is 6.20 Å². The maximum atomic E-state index is 15.9. The van der Waals surface area contributed by atoms with Crippen LogP contribution in [0.5, 0.6) is 0 Å². The molecule has 2 aromatic heterocycles. The van der Waals surface area contributed by atoms with E-state index in [0.29, 0.717) is 30.7 Å². The maximum absolute atomic E-state index is 15.9. The Balaban J connectivity index is 1.51. The third-order valence-corrected chi connectivity index (χ3v) is 8.13. The number of benzene rings is 1. The molecule has 8 nitrogen and oxygen atoms in total. The molecule has 9 heteroatoms. The Morgan fingerprint density at radius 2 is 2.06 bits per heavy atom. The first kappa shape index (κ1) is 21.9. The fraction of sp³-hybridized carbons (Fsp3) is 0.423. The number of pyridine rings is 2. The van der Waals surface area contributed by atoms with Gasteiger partial charge < -0.3 is 25.6 Å². The zero-order valence-corrected chi connectivity index (χ0v) is 19.4. The van der Waals surface area contributed by atoms with Gasteiger partial charge in [0, 0.05) is 42.6 Å². The average Bonchev–Trinajstić information content (AvgIpc) is 3.50. The Bertz CT molecular complexity index is 1400. The van der Waals surface area contributed by atoms with Crippen molar-refractivity contribution in [3.8, 4) is 0 Å². The predicted molar refractivity (Wildman–Crippen MR) is 133 cm³/mol. The van der Waals surface area contributed by atoms with Gasteiger partial charge in [0.2, 0.25) is 5.43 Å². The molecule has 3 aliphatic rings. The molecule has 6 rings (SSSR count). The number of nitrogens with zero attached hydrogens (tertiary/aromatic N) is 3. The van der Waals surface area contributed by atoms with Crippen LogP contribution < -0.4 is 21.4 Å². The van der Waals surface area contributed by atoms with Gasteiger partial charge in [0.1, 0.15) is 11.4 Å². The summed E-state index contributed by atoms with van der Waals surface area (Å²) in [6.07, 6.45) is 9.35. The van der Waals surface area contributed by atoms with E-state index in [2.05, 4.69) is 10.3 Å². The minimum Gasteiger partial charge on any atom is -0.477 e. The average molecular weight is 478 g/mol. The largest absolute Gasteiger partial charge is 0.477 e. The second kappa shape index (κ2) is 7.96. The van der Waals surface area contributed by atoms with Crippen LogP contribution in [0.1, 0.15) is 54.4 Å². The number of carboxylic acids is 1. The number of nitrogens with one attached hydrogen (secondary N) is 1. The number of hydrogen-bond acceptors (Lipinski definition) is 6. The summed E-state index contributed by atoms with van der Waals surface area (Å²) in [6, 6.07) is 5.77. The third-order valence-electron chi connectivity index (χ3n) is 8.13. The monoisotopic (exact) mass is 477 g/mol. The standard InChI is InChI=1S/C26H28FN5O3/c27-20-21(28)19-22-16(23(20)31-12-7-15(13-31)30-18-5-1-4-11-29-18)6-10-26(8-2-3-9-26)32(22)14-17(24(19)33)25(34)35/h1,4-5,11,14-15H,2-3,6-10,12-13,28H2,(H,29,30)(H,34,35). The quantitative estimate of drug-likeness (QED) is 0.491. The van der Waals surface area contributed by atoms with Gasteiger partial charge in [0.25, 0.3) is 0 Å². The lowest BCUT2D eigenvalue weighted by Crippen LogP contribution is -2.38. The maximum Gasteiger partial charge on any atom is 0.341 e. The van der Waals surface area contributed by atoms with Gasteiger partial charge in [-0.1, -0.05) is 18.9 Å². The molecule has 35 heavy (non-hydrogen) atoms. The molecule has 0 amide bonds. The molecule has 2 aliphatic heterocycles. The minimum absolute atomic E-state index is 0.00878. The summed E-state index contributed by atoms with van der Waals surface area (Å²) >= 11 is 0. The molecular weight excluding hydrogens is 449 g/mol. The van der Waals surface area contributed by atoms with Gasteiger partial charge in [0.05, 0.1) is 22.3 Å². The molecule has 0 bridgehead atoms. The number of aromatic carboxylic acids is 1. The number of anilines is 3. The molecule has 1 saturated carbocycles. The van der Waals surface area contributed by atoms with E-state index in [1.807, 2.05) is 27.7 Å². The number of rotatable bonds is 4. The van der Waals surface area contributed by atoms with E-state index in [-0.39, 0.29) is 28.2 Å². The second-order valence-electron chi connectivity index (χ2n) is 10.0. The van der Waals surface area contributed by atoms with Crippen molar-refractivity contribution in [3.05, 3.63) is 57.8 Å². The highest BCUT2D eigenvalue weighted by Gasteiger charge is 2.42. The Labute approximate surface area is 201 Å². The van der Waals surface area contributed by atoms with Crippen LogP contribution in [0.2, 0.25) is 0 Å². The van der Waals surface area contributed by atoms with Crippen LogP contribution in [0, 0.1) is 5.82 Å². The molecule has 2 fully saturated rings. The lowest BCUT2D eigenvalue weighted by molar-refractivity contribution is 0.0694. The van der Waals surface area contributed by atoms with Gasteiger partial charge >= 0.3 is 5.97 Å². The molecule has 0 radical (unpaired) electrons. The molecule has 1 aliphatic carbocycles. The Morgan fingerprint density at radius 1 is 1.26 bits per heavy atom. The molecule has 1 unspecified atom stereocenters. The molecular formula is C26H28FN5O3. The van der Waals surface area contributed by atoms with Crippen LogP contribution in [-0.4, -0.2) is 39.8 Å². The highest BCUT2D eigenvalue weighted by atomic mass is 19.1. The van der Waals surface area contributed by atoms with Gasteiger partial charge in [-0.05, 0) is 44.2 Å². The van der Waals surface area contributed by atoms with E-state index in [1.165, 1.54) is 6.20 Å². The van der Waals surface area contributed by atoms with Crippen LogP contribution in [0.3, 0.4) is 0 Å². The van der Waals surface area contributed by atoms with E-state index in [4.69, 9.17) is 5.73 Å². The van der Waals surface area contributed by atoms with Crippen molar-refractivity contribution in [2.24, 2.45) is 0 Å². The number of carbonyl (C=O) groups is 1. The second-order valence-corrected chi connectivity index (χ2v) is 10.0. The number of carboxylic acid groups (broad SMARTS) is 1. The van der Waals surface area contributed by atoms with Crippen LogP contribution in [0.15, 0.2) is 35.4 Å². The predicted octanol–water partition coefficient (Wildman–Crippen LogP) is 3.72. The van der Waals surface area contributed by atoms with Crippen molar-refractivity contribution in [3.63, 3.8) is 0 Å². The van der Waals surface area contributed by atoms with Gasteiger partial charge in [-0.25, -0.2) is 14.2 Å². The van der Waals surface area contributed by atoms with E-state index >= 15 is 4.39 Å². The van der Waals surface area contributed by atoms with Crippen LogP contribution in [0.25, 0.3) is 10.9 Å². The van der Waals surface area contributed by atoms with E-state index in [0.717, 1.165) is 49.9 Å². The first-order valence-corrected chi connectivity index (χ1v) is 12.2. The fourth-order valence-corrected chi connectivity index (χ4v) is 6.48. The SMILES string of the molecule is Nc1c(F)c(N2CCC(Nc3ccccn3)C2)c2c3c1c(=O)c(C(=O)O)cn3C1(CCCC1)CC2. The molecule has 1 atom stereocenters. The lowest BCUT2D eigenvalue weighted by atomic mass is 9.82. The van der Waals surface area contributed by atoms with Gasteiger partial charge in [-0.15, -0.1) is 0 Å². The highest BCUT2D eigenvalue weighted by Crippen LogP contribution is 2.49. The number of nitrogens with two attached hydrogens (primary N) is 1. The van der Waals surface area contributed by atoms with Gasteiger partial charge in [0.15, 0.2) is 5.82 Å². The van der Waals surface area contributed by atoms with Crippen molar-refractivity contribution >= 4 is 34.1 Å². The van der Waals surface area contributed by atoms with Crippen molar-refractivity contribution in [1.29, 1.82) is 0 Å². The summed E-state index contributed by atoms with van der Waals surface area (Å²) in [6.45, 7) is 1.22. The molecule has 4 heterocycles. The Morgan fingerprint density at radius 3 is 2.77 bits per heavy atom. The molecule has 1 spiro atoms. The van der Waals surface area contributed by atoms with Gasteiger partial charge in [-0.2, -0.15) is 0 Å². The molecule has 4 N–H and O–H groups in total. The summed E-state index contributed by atoms with van der Waals surface area (Å²) in [5.41, 5.74) is 6.54. The first-order valence-electron chi connectivity index (χ1n) is 12.2. The number of aryl methyl sites for hydroxylation is 1. The van der Waals surface area contributed by atoms with Crippen LogP contribution in [-0.2, 0) is 12.0 Å². The molecule has 1 saturated heterocycles. The summed E-state index contributed by atoms with van der Waals surface area (Å²) in [5.74, 6) is -1.16. The lowest BCUT2D eigenvalue weighted by Gasteiger charge is -2.40. The van der Waals surface area contributed by atoms with Crippen molar-refractivity contribution in [1.82, 2.24) is 9.55 Å². The van der Waals surface area contributed by atoms with E-state index < -0.39 is 17.2 Å². The fourth-order valence-electron chi connectivity index (χ4n) is 6.48. The topological polar surface area (TPSA) is 113 Å². The van der Waals surface area contributed by atoms with E-state index in [9.17, 15) is 14.7 Å². The first-order chi connectivity index (χ1) is 16.9. The zero-order chi connectivity index (χ0) is 24.3. The summed E-state index contributed by atoms with van der Waals surface area (Å²) in [7, 11) is 0. The van der Waals surface area contributed by atoms with Crippen molar-refractivity contribution in [2.75, 3.05) is 29.0 Å². The normalized spacial score (nSPS) is 20.6.